The van der Waals surface area contributed by atoms with Gasteiger partial charge in [0.2, 0.25) is 5.88 Å². The molecule has 0 saturated heterocycles. The zero-order valence-electron chi connectivity index (χ0n) is 10.3. The first-order chi connectivity index (χ1) is 9.20. The largest absolute Gasteiger partial charge is 0.481 e. The molecule has 6 heteroatoms. The summed E-state index contributed by atoms with van der Waals surface area (Å²) in [7, 11) is 1.54. The number of aromatic nitrogens is 2. The zero-order chi connectivity index (χ0) is 13.7. The molecule has 2 aromatic rings. The third kappa shape index (κ3) is 3.42. The van der Waals surface area contributed by atoms with Crippen molar-refractivity contribution in [3.63, 3.8) is 0 Å². The number of nitrogens with zero attached hydrogens (tertiary/aromatic N) is 2. The van der Waals surface area contributed by atoms with Crippen LogP contribution in [0.3, 0.4) is 0 Å². The number of ether oxygens (including phenoxy) is 1. The Morgan fingerprint density at radius 3 is 3.00 bits per heavy atom. The average molecular weight is 278 g/mol. The number of carbonyl (C=O) groups excluding carboxylic acids is 1. The second-order valence-electron chi connectivity index (χ2n) is 3.74. The Morgan fingerprint density at radius 1 is 1.42 bits per heavy atom. The van der Waals surface area contributed by atoms with E-state index >= 15 is 0 Å². The first-order valence-electron chi connectivity index (χ1n) is 5.57. The minimum absolute atomic E-state index is 0.270. The van der Waals surface area contributed by atoms with Gasteiger partial charge in [0.15, 0.2) is 0 Å². The Hall–Kier alpha value is -2.14. The van der Waals surface area contributed by atoms with Gasteiger partial charge in [-0.25, -0.2) is 4.98 Å². The summed E-state index contributed by atoms with van der Waals surface area (Å²) in [5.41, 5.74) is 1.24. The molecular formula is C13H12ClN3O2. The maximum atomic E-state index is 11.9. The topological polar surface area (TPSA) is 64.1 Å². The summed E-state index contributed by atoms with van der Waals surface area (Å²) in [6.45, 7) is 0.364. The second kappa shape index (κ2) is 6.15. The van der Waals surface area contributed by atoms with E-state index in [2.05, 4.69) is 15.3 Å². The summed E-state index contributed by atoms with van der Waals surface area (Å²) < 4.78 is 5.01. The van der Waals surface area contributed by atoms with Gasteiger partial charge < -0.3 is 10.1 Å². The first kappa shape index (κ1) is 13.3. The van der Waals surface area contributed by atoms with Gasteiger partial charge in [-0.3, -0.25) is 9.78 Å². The lowest BCUT2D eigenvalue weighted by Gasteiger charge is -2.07. The van der Waals surface area contributed by atoms with Crippen LogP contribution in [0.25, 0.3) is 0 Å². The summed E-state index contributed by atoms with van der Waals surface area (Å²) in [5.74, 6) is 0.236. The monoisotopic (exact) mass is 277 g/mol. The maximum Gasteiger partial charge on any atom is 0.254 e. The van der Waals surface area contributed by atoms with Crippen molar-refractivity contribution in [1.82, 2.24) is 15.3 Å². The molecule has 1 amide bonds. The Morgan fingerprint density at radius 2 is 2.26 bits per heavy atom. The molecule has 0 fully saturated rings. The van der Waals surface area contributed by atoms with Gasteiger partial charge in [0.25, 0.3) is 5.91 Å². The van der Waals surface area contributed by atoms with Crippen molar-refractivity contribution in [3.8, 4) is 5.88 Å². The molecule has 0 bridgehead atoms. The van der Waals surface area contributed by atoms with Gasteiger partial charge >= 0.3 is 0 Å². The van der Waals surface area contributed by atoms with Crippen LogP contribution in [0.1, 0.15) is 15.9 Å². The SMILES string of the molecule is COc1cc(CNC(=O)c2cnccc2Cl)ccn1. The smallest absolute Gasteiger partial charge is 0.254 e. The lowest BCUT2D eigenvalue weighted by atomic mass is 10.2. The number of nitrogens with one attached hydrogen (secondary N) is 1. The van der Waals surface area contributed by atoms with Crippen LogP contribution in [0.15, 0.2) is 36.8 Å². The van der Waals surface area contributed by atoms with Gasteiger partial charge in [0, 0.05) is 31.2 Å². The number of amides is 1. The third-order valence-electron chi connectivity index (χ3n) is 2.47. The fraction of sp³-hybridized carbons (Fsp3) is 0.154. The quantitative estimate of drug-likeness (QED) is 0.929. The van der Waals surface area contributed by atoms with Crippen molar-refractivity contribution in [2.45, 2.75) is 6.54 Å². The number of hydrogen-bond donors (Lipinski definition) is 1. The number of rotatable bonds is 4. The van der Waals surface area contributed by atoms with Crippen LogP contribution in [0.2, 0.25) is 5.02 Å². The highest BCUT2D eigenvalue weighted by molar-refractivity contribution is 6.33. The van der Waals surface area contributed by atoms with Crippen molar-refractivity contribution >= 4 is 17.5 Å². The number of carbonyl (C=O) groups is 1. The van der Waals surface area contributed by atoms with Crippen molar-refractivity contribution < 1.29 is 9.53 Å². The van der Waals surface area contributed by atoms with Crippen molar-refractivity contribution in [2.24, 2.45) is 0 Å². The Labute approximate surface area is 115 Å². The molecule has 0 atom stereocenters. The van der Waals surface area contributed by atoms with E-state index in [1.807, 2.05) is 0 Å². The molecule has 0 unspecified atom stereocenters. The molecule has 5 nitrogen and oxygen atoms in total. The van der Waals surface area contributed by atoms with E-state index in [0.717, 1.165) is 5.56 Å². The molecule has 19 heavy (non-hydrogen) atoms. The van der Waals surface area contributed by atoms with Crippen LogP contribution >= 0.6 is 11.6 Å². The number of pyridine rings is 2. The van der Waals surface area contributed by atoms with Crippen LogP contribution in [-0.4, -0.2) is 23.0 Å². The molecule has 2 aromatic heterocycles. The van der Waals surface area contributed by atoms with E-state index in [9.17, 15) is 4.79 Å². The fourth-order valence-electron chi connectivity index (χ4n) is 1.49. The van der Waals surface area contributed by atoms with Gasteiger partial charge in [-0.15, -0.1) is 0 Å². The molecule has 2 rings (SSSR count). The predicted octanol–water partition coefficient (Wildman–Crippen LogP) is 2.07. The summed E-state index contributed by atoms with van der Waals surface area (Å²) in [5, 5.41) is 3.14. The van der Waals surface area contributed by atoms with E-state index in [1.165, 1.54) is 12.4 Å². The standard InChI is InChI=1S/C13H12ClN3O2/c1-19-12-6-9(2-5-16-12)7-17-13(18)10-8-15-4-3-11(10)14/h2-6,8H,7H2,1H3,(H,17,18). The van der Waals surface area contributed by atoms with E-state index in [1.54, 1.807) is 31.5 Å². The predicted molar refractivity (Wildman–Crippen MR) is 71.2 cm³/mol. The molecule has 0 radical (unpaired) electrons. The lowest BCUT2D eigenvalue weighted by Crippen LogP contribution is -2.23. The Balaban J connectivity index is 2.02. The zero-order valence-corrected chi connectivity index (χ0v) is 11.0. The minimum Gasteiger partial charge on any atom is -0.481 e. The third-order valence-corrected chi connectivity index (χ3v) is 2.80. The van der Waals surface area contributed by atoms with Gasteiger partial charge in [-0.1, -0.05) is 11.6 Å². The molecule has 0 aliphatic carbocycles. The maximum absolute atomic E-state index is 11.9. The van der Waals surface area contributed by atoms with Gasteiger partial charge in [0.1, 0.15) is 0 Å². The van der Waals surface area contributed by atoms with Gasteiger partial charge in [-0.05, 0) is 17.7 Å². The molecular weight excluding hydrogens is 266 g/mol. The number of hydrogen-bond acceptors (Lipinski definition) is 4. The lowest BCUT2D eigenvalue weighted by molar-refractivity contribution is 0.0950. The molecule has 0 aliphatic rings. The normalized spacial score (nSPS) is 10.0. The molecule has 0 aliphatic heterocycles. The molecule has 0 spiro atoms. The fourth-order valence-corrected chi connectivity index (χ4v) is 1.69. The average Bonchev–Trinajstić information content (AvgIpc) is 2.45. The van der Waals surface area contributed by atoms with Gasteiger partial charge in [0.05, 0.1) is 17.7 Å². The first-order valence-corrected chi connectivity index (χ1v) is 5.95. The summed E-state index contributed by atoms with van der Waals surface area (Å²) in [6.07, 6.45) is 4.59. The molecule has 0 saturated carbocycles. The summed E-state index contributed by atoms with van der Waals surface area (Å²) in [6, 6.07) is 5.13. The minimum atomic E-state index is -0.270. The van der Waals surface area contributed by atoms with Crippen molar-refractivity contribution in [2.75, 3.05) is 7.11 Å². The van der Waals surface area contributed by atoms with E-state index in [4.69, 9.17) is 16.3 Å². The van der Waals surface area contributed by atoms with Crippen LogP contribution in [0.5, 0.6) is 5.88 Å². The van der Waals surface area contributed by atoms with E-state index in [0.29, 0.717) is 23.0 Å². The summed E-state index contributed by atoms with van der Waals surface area (Å²) in [4.78, 5) is 19.8. The van der Waals surface area contributed by atoms with Crippen molar-refractivity contribution in [3.05, 3.63) is 52.9 Å². The summed E-state index contributed by atoms with van der Waals surface area (Å²) >= 11 is 5.92. The van der Waals surface area contributed by atoms with Gasteiger partial charge in [-0.2, -0.15) is 0 Å². The van der Waals surface area contributed by atoms with Crippen LogP contribution in [0, 0.1) is 0 Å². The molecule has 1 N–H and O–H groups in total. The van der Waals surface area contributed by atoms with Crippen LogP contribution < -0.4 is 10.1 Å². The molecule has 98 valence electrons. The highest BCUT2D eigenvalue weighted by Crippen LogP contribution is 2.13. The highest BCUT2D eigenvalue weighted by atomic mass is 35.5. The molecule has 2 heterocycles. The number of halogens is 1. The van der Waals surface area contributed by atoms with E-state index < -0.39 is 0 Å². The van der Waals surface area contributed by atoms with Crippen LogP contribution in [-0.2, 0) is 6.54 Å². The number of methoxy groups -OCH3 is 1. The second-order valence-corrected chi connectivity index (χ2v) is 4.15. The molecule has 0 aromatic carbocycles. The van der Waals surface area contributed by atoms with E-state index in [-0.39, 0.29) is 5.91 Å². The Bertz CT molecular complexity index is 590. The highest BCUT2D eigenvalue weighted by Gasteiger charge is 2.09. The van der Waals surface area contributed by atoms with Crippen molar-refractivity contribution in [1.29, 1.82) is 0 Å². The Kier molecular flexibility index (Phi) is 4.30. The van der Waals surface area contributed by atoms with Crippen LogP contribution in [0.4, 0.5) is 0 Å².